The lowest BCUT2D eigenvalue weighted by atomic mass is 9.94. The fourth-order valence-electron chi connectivity index (χ4n) is 4.33. The third kappa shape index (κ3) is 7.85. The first kappa shape index (κ1) is 28.8. The van der Waals surface area contributed by atoms with Crippen LogP contribution in [0.25, 0.3) is 0 Å². The van der Waals surface area contributed by atoms with Crippen molar-refractivity contribution < 1.29 is 33.4 Å². The van der Waals surface area contributed by atoms with E-state index in [1.807, 2.05) is 20.8 Å². The summed E-state index contributed by atoms with van der Waals surface area (Å²) in [4.78, 5) is 56.3. The van der Waals surface area contributed by atoms with Crippen LogP contribution in [0.15, 0.2) is 58.4 Å². The summed E-state index contributed by atoms with van der Waals surface area (Å²) in [7, 11) is 0. The lowest BCUT2D eigenvalue weighted by molar-refractivity contribution is -0.149. The van der Waals surface area contributed by atoms with Crippen molar-refractivity contribution in [2.24, 2.45) is 11.8 Å². The summed E-state index contributed by atoms with van der Waals surface area (Å²) in [6, 6.07) is 0. The first-order chi connectivity index (χ1) is 18.0. The lowest BCUT2D eigenvalue weighted by Gasteiger charge is -2.27. The number of amides is 2. The van der Waals surface area contributed by atoms with Crippen LogP contribution in [-0.2, 0) is 25.5 Å². The van der Waals surface area contributed by atoms with Gasteiger partial charge in [0.25, 0.3) is 5.91 Å². The topological polar surface area (TPSA) is 139 Å². The number of hydrogen-bond donors (Lipinski definition) is 2. The van der Waals surface area contributed by atoms with Gasteiger partial charge in [0.05, 0.1) is 12.5 Å². The molecule has 10 nitrogen and oxygen atoms in total. The second kappa shape index (κ2) is 13.1. The van der Waals surface area contributed by atoms with Crippen molar-refractivity contribution in [3.05, 3.63) is 65.6 Å². The third-order valence-electron chi connectivity index (χ3n) is 6.19. The Hall–Kier alpha value is -3.79. The van der Waals surface area contributed by atoms with Gasteiger partial charge in [0.15, 0.2) is 5.69 Å². The highest BCUT2D eigenvalue weighted by molar-refractivity contribution is 6.00. The normalized spacial score (nSPS) is 24.6. The fourth-order valence-corrected chi connectivity index (χ4v) is 4.33. The van der Waals surface area contributed by atoms with E-state index < -0.39 is 24.1 Å². The number of carbonyl (C=O) groups excluding carboxylic acids is 4. The number of Topliss-reactive ketones (excluding diaryl/α,β-unsaturated/α-hetero) is 1. The van der Waals surface area contributed by atoms with Gasteiger partial charge in [-0.25, -0.2) is 9.78 Å². The molecule has 0 fully saturated rings. The molecule has 2 N–H and O–H groups in total. The first-order valence-corrected chi connectivity index (χ1v) is 12.7. The molecule has 0 aromatic carbocycles. The minimum absolute atomic E-state index is 0.0315. The zero-order chi connectivity index (χ0) is 27.8. The Morgan fingerprint density at radius 1 is 1.18 bits per heavy atom. The van der Waals surface area contributed by atoms with Crippen molar-refractivity contribution in [1.29, 1.82) is 0 Å². The second-order valence-corrected chi connectivity index (χ2v) is 9.84. The average Bonchev–Trinajstić information content (AvgIpc) is 3.52. The molecule has 3 rings (SSSR count). The van der Waals surface area contributed by atoms with E-state index in [-0.39, 0.29) is 66.7 Å². The molecule has 0 spiro atoms. The Balaban J connectivity index is 1.86. The molecule has 0 aliphatic carbocycles. The maximum atomic E-state index is 13.1. The molecular formula is C28H35N3O7. The number of aliphatic hydroxyl groups is 1. The Morgan fingerprint density at radius 3 is 2.68 bits per heavy atom. The highest BCUT2D eigenvalue weighted by atomic mass is 16.5. The maximum absolute atomic E-state index is 13.1. The maximum Gasteiger partial charge on any atom is 0.355 e. The van der Waals surface area contributed by atoms with Crippen molar-refractivity contribution in [1.82, 2.24) is 15.2 Å². The Labute approximate surface area is 222 Å². The molecule has 2 amide bonds. The monoisotopic (exact) mass is 525 g/mol. The number of esters is 1. The standard InChI is InChI=1S/C28H35N3O7/c1-17(2)26-19(4)9-10-24(34)29-11-5-7-18(3)13-20(32)14-21(33)15-25-30-22(16-37-25)27(35)31-12-6-8-23(31)28(36)38-26/h5,7-10,13,16-17,19-20,26,32H,6,11-12,14-15H2,1-4H3,(H,29,34)/t19-,20+,26-/m1/s1. The summed E-state index contributed by atoms with van der Waals surface area (Å²) in [6.45, 7) is 8.00. The number of ketones is 1. The quantitative estimate of drug-likeness (QED) is 0.534. The first-order valence-electron chi connectivity index (χ1n) is 12.7. The van der Waals surface area contributed by atoms with Crippen LogP contribution in [0.1, 0.15) is 56.9 Å². The molecule has 204 valence electrons. The number of nitrogens with zero attached hydrogens (tertiary/aromatic N) is 2. The number of allylic oxidation sites excluding steroid dienone is 2. The van der Waals surface area contributed by atoms with Gasteiger partial charge in [0.2, 0.25) is 11.8 Å². The molecule has 2 aliphatic rings. The van der Waals surface area contributed by atoms with Crippen molar-refractivity contribution in [2.75, 3.05) is 13.1 Å². The number of cyclic esters (lactones) is 1. The SMILES string of the molecule is CC1=C[C@H](O)CC(=O)Cc2nc(co2)C(=O)N2CCC=C2C(=O)O[C@H](C(C)C)[C@H](C)C=CC(=O)NCC=C1. The Bertz CT molecular complexity index is 1170. The van der Waals surface area contributed by atoms with E-state index in [1.165, 1.54) is 11.0 Å². The number of aromatic nitrogens is 1. The fraction of sp³-hybridized carbons (Fsp3) is 0.464. The second-order valence-electron chi connectivity index (χ2n) is 9.84. The molecule has 2 bridgehead atoms. The molecule has 1 aromatic rings. The van der Waals surface area contributed by atoms with Gasteiger partial charge >= 0.3 is 5.97 Å². The minimum Gasteiger partial charge on any atom is -0.457 e. The van der Waals surface area contributed by atoms with Crippen LogP contribution in [0.4, 0.5) is 0 Å². The molecule has 38 heavy (non-hydrogen) atoms. The molecule has 0 saturated heterocycles. The third-order valence-corrected chi connectivity index (χ3v) is 6.19. The summed E-state index contributed by atoms with van der Waals surface area (Å²) in [5, 5.41) is 13.0. The molecular weight excluding hydrogens is 490 g/mol. The number of hydrogen-bond acceptors (Lipinski definition) is 8. The molecule has 0 saturated carbocycles. The van der Waals surface area contributed by atoms with E-state index in [1.54, 1.807) is 37.3 Å². The molecule has 0 unspecified atom stereocenters. The zero-order valence-corrected chi connectivity index (χ0v) is 22.2. The largest absolute Gasteiger partial charge is 0.457 e. The van der Waals surface area contributed by atoms with Crippen LogP contribution in [0.2, 0.25) is 0 Å². The van der Waals surface area contributed by atoms with Gasteiger partial charge in [0.1, 0.15) is 23.8 Å². The lowest BCUT2D eigenvalue weighted by Crippen LogP contribution is -2.36. The molecule has 3 atom stereocenters. The summed E-state index contributed by atoms with van der Waals surface area (Å²) >= 11 is 0. The number of aliphatic hydroxyl groups excluding tert-OH is 1. The molecule has 10 heteroatoms. The number of rotatable bonds is 1. The predicted octanol–water partition coefficient (Wildman–Crippen LogP) is 2.66. The summed E-state index contributed by atoms with van der Waals surface area (Å²) in [6.07, 6.45) is 9.48. The van der Waals surface area contributed by atoms with Gasteiger partial charge in [-0.05, 0) is 25.3 Å². The van der Waals surface area contributed by atoms with Crippen LogP contribution in [0.5, 0.6) is 0 Å². The van der Waals surface area contributed by atoms with E-state index in [0.717, 1.165) is 11.8 Å². The van der Waals surface area contributed by atoms with Gasteiger partial charge in [-0.1, -0.05) is 56.7 Å². The van der Waals surface area contributed by atoms with Crippen molar-refractivity contribution in [3.63, 3.8) is 0 Å². The van der Waals surface area contributed by atoms with E-state index in [0.29, 0.717) is 6.42 Å². The number of fused-ring (bicyclic) bond motifs is 3. The molecule has 3 heterocycles. The minimum atomic E-state index is -1.01. The van der Waals surface area contributed by atoms with Crippen molar-refractivity contribution >= 4 is 23.6 Å². The van der Waals surface area contributed by atoms with Crippen LogP contribution in [0, 0.1) is 11.8 Å². The van der Waals surface area contributed by atoms with Crippen molar-refractivity contribution in [3.8, 4) is 0 Å². The Morgan fingerprint density at radius 2 is 1.95 bits per heavy atom. The van der Waals surface area contributed by atoms with Gasteiger partial charge < -0.3 is 24.5 Å². The van der Waals surface area contributed by atoms with Crippen LogP contribution in [-0.4, -0.2) is 63.9 Å². The van der Waals surface area contributed by atoms with Crippen LogP contribution < -0.4 is 5.32 Å². The van der Waals surface area contributed by atoms with E-state index in [2.05, 4.69) is 10.3 Å². The number of carbonyl (C=O) groups is 4. The highest BCUT2D eigenvalue weighted by Gasteiger charge is 2.33. The average molecular weight is 526 g/mol. The summed E-state index contributed by atoms with van der Waals surface area (Å²) in [5.74, 6) is -2.07. The van der Waals surface area contributed by atoms with Gasteiger partial charge in [-0.2, -0.15) is 0 Å². The summed E-state index contributed by atoms with van der Waals surface area (Å²) in [5.41, 5.74) is 0.809. The molecule has 2 aliphatic heterocycles. The zero-order valence-electron chi connectivity index (χ0n) is 22.2. The van der Waals surface area contributed by atoms with Gasteiger partial charge in [-0.15, -0.1) is 0 Å². The smallest absolute Gasteiger partial charge is 0.355 e. The summed E-state index contributed by atoms with van der Waals surface area (Å²) < 4.78 is 11.1. The van der Waals surface area contributed by atoms with E-state index >= 15 is 0 Å². The Kier molecular flexibility index (Phi) is 9.95. The number of oxazole rings is 1. The number of ether oxygens (including phenoxy) is 1. The van der Waals surface area contributed by atoms with E-state index in [9.17, 15) is 24.3 Å². The van der Waals surface area contributed by atoms with E-state index in [4.69, 9.17) is 9.15 Å². The molecule has 0 radical (unpaired) electrons. The molecule has 1 aromatic heterocycles. The highest BCUT2D eigenvalue weighted by Crippen LogP contribution is 2.24. The van der Waals surface area contributed by atoms with Crippen LogP contribution >= 0.6 is 0 Å². The predicted molar refractivity (Wildman–Crippen MR) is 139 cm³/mol. The van der Waals surface area contributed by atoms with Gasteiger partial charge in [-0.3, -0.25) is 14.4 Å². The van der Waals surface area contributed by atoms with Crippen molar-refractivity contribution in [2.45, 2.75) is 59.2 Å². The van der Waals surface area contributed by atoms with Crippen LogP contribution in [0.3, 0.4) is 0 Å². The number of nitrogens with one attached hydrogen (secondary N) is 1. The van der Waals surface area contributed by atoms with Gasteiger partial charge in [0, 0.05) is 25.4 Å².